The quantitative estimate of drug-likeness (QED) is 0.839. The van der Waals surface area contributed by atoms with Crippen molar-refractivity contribution >= 4 is 11.5 Å². The number of nitrogen functional groups attached to an aromatic ring is 1. The van der Waals surface area contributed by atoms with Crippen molar-refractivity contribution in [2.24, 2.45) is 0 Å². The molecule has 0 radical (unpaired) electrons. The molecular weight excluding hydrogens is 228 g/mol. The fourth-order valence-corrected chi connectivity index (χ4v) is 1.62. The minimum Gasteiger partial charge on any atom is -0.396 e. The van der Waals surface area contributed by atoms with E-state index in [-0.39, 0.29) is 0 Å². The number of rotatable bonds is 4. The van der Waals surface area contributed by atoms with E-state index in [1.54, 1.807) is 29.2 Å². The maximum atomic E-state index is 8.86. The summed E-state index contributed by atoms with van der Waals surface area (Å²) in [7, 11) is 0. The number of nitriles is 1. The van der Waals surface area contributed by atoms with Crippen LogP contribution in [0.4, 0.5) is 11.5 Å². The van der Waals surface area contributed by atoms with Gasteiger partial charge in [-0.25, -0.2) is 4.98 Å². The molecule has 2 aromatic heterocycles. The zero-order chi connectivity index (χ0) is 13.0. The lowest BCUT2D eigenvalue weighted by molar-refractivity contribution is 0.637. The molecule has 92 valence electrons. The van der Waals surface area contributed by atoms with Crippen LogP contribution in [0.1, 0.15) is 11.3 Å². The van der Waals surface area contributed by atoms with Gasteiger partial charge in [0.2, 0.25) is 0 Å². The average molecular weight is 242 g/mol. The maximum Gasteiger partial charge on any atom is 0.127 e. The standard InChI is InChI=1S/C12H14N6/c1-9-4-10(6-13)5-12(17-9)15-2-3-18-8-11(14)7-16-18/h4-5,7-8H,2-3,14H2,1H3,(H,15,17). The van der Waals surface area contributed by atoms with Gasteiger partial charge in [0, 0.05) is 18.4 Å². The smallest absolute Gasteiger partial charge is 0.127 e. The highest BCUT2D eigenvalue weighted by Gasteiger charge is 2.00. The van der Waals surface area contributed by atoms with Gasteiger partial charge in [0.05, 0.1) is 30.1 Å². The maximum absolute atomic E-state index is 8.86. The summed E-state index contributed by atoms with van der Waals surface area (Å²) in [5.41, 5.74) is 7.64. The Balaban J connectivity index is 1.94. The molecule has 0 amide bonds. The summed E-state index contributed by atoms with van der Waals surface area (Å²) in [5.74, 6) is 0.701. The molecule has 0 aromatic carbocycles. The third-order valence-corrected chi connectivity index (χ3v) is 2.38. The van der Waals surface area contributed by atoms with Crippen molar-refractivity contribution in [3.63, 3.8) is 0 Å². The molecule has 2 rings (SSSR count). The largest absolute Gasteiger partial charge is 0.396 e. The fourth-order valence-electron chi connectivity index (χ4n) is 1.62. The van der Waals surface area contributed by atoms with Crippen LogP contribution in [0.15, 0.2) is 24.5 Å². The third kappa shape index (κ3) is 2.98. The van der Waals surface area contributed by atoms with E-state index in [1.807, 2.05) is 6.92 Å². The summed E-state index contributed by atoms with van der Waals surface area (Å²) in [6.07, 6.45) is 3.38. The Morgan fingerprint density at radius 3 is 3.00 bits per heavy atom. The average Bonchev–Trinajstić information content (AvgIpc) is 2.74. The first kappa shape index (κ1) is 11.9. The van der Waals surface area contributed by atoms with Crippen LogP contribution in [-0.2, 0) is 6.54 Å². The van der Waals surface area contributed by atoms with Gasteiger partial charge in [-0.15, -0.1) is 0 Å². The van der Waals surface area contributed by atoms with E-state index in [4.69, 9.17) is 11.0 Å². The van der Waals surface area contributed by atoms with E-state index in [9.17, 15) is 0 Å². The molecule has 0 bridgehead atoms. The number of pyridine rings is 1. The number of aromatic nitrogens is 3. The highest BCUT2D eigenvalue weighted by molar-refractivity contribution is 5.44. The molecule has 0 aliphatic heterocycles. The van der Waals surface area contributed by atoms with Crippen LogP contribution in [0.25, 0.3) is 0 Å². The summed E-state index contributed by atoms with van der Waals surface area (Å²) in [6, 6.07) is 5.58. The van der Waals surface area contributed by atoms with Crippen LogP contribution in [0.3, 0.4) is 0 Å². The van der Waals surface area contributed by atoms with Crippen LogP contribution in [0.5, 0.6) is 0 Å². The van der Waals surface area contributed by atoms with E-state index < -0.39 is 0 Å². The summed E-state index contributed by atoms with van der Waals surface area (Å²) in [4.78, 5) is 4.30. The molecule has 0 unspecified atom stereocenters. The first-order valence-corrected chi connectivity index (χ1v) is 5.58. The number of aryl methyl sites for hydroxylation is 1. The summed E-state index contributed by atoms with van der Waals surface area (Å²) < 4.78 is 1.75. The molecule has 0 saturated heterocycles. The van der Waals surface area contributed by atoms with Crippen molar-refractivity contribution in [1.29, 1.82) is 5.26 Å². The molecule has 0 spiro atoms. The van der Waals surface area contributed by atoms with Crippen molar-refractivity contribution < 1.29 is 0 Å². The Hall–Kier alpha value is -2.55. The molecule has 18 heavy (non-hydrogen) atoms. The molecule has 0 atom stereocenters. The van der Waals surface area contributed by atoms with Crippen molar-refractivity contribution in [2.75, 3.05) is 17.6 Å². The zero-order valence-corrected chi connectivity index (χ0v) is 10.1. The highest BCUT2D eigenvalue weighted by atomic mass is 15.3. The second-order valence-electron chi connectivity index (χ2n) is 3.96. The van der Waals surface area contributed by atoms with E-state index in [0.717, 1.165) is 5.69 Å². The molecule has 3 N–H and O–H groups in total. The SMILES string of the molecule is Cc1cc(C#N)cc(NCCn2cc(N)cn2)n1. The first-order chi connectivity index (χ1) is 8.67. The molecule has 2 heterocycles. The van der Waals surface area contributed by atoms with E-state index >= 15 is 0 Å². The van der Waals surface area contributed by atoms with Crippen LogP contribution in [-0.4, -0.2) is 21.3 Å². The predicted octanol–water partition coefficient (Wildman–Crippen LogP) is 1.15. The van der Waals surface area contributed by atoms with E-state index in [1.165, 1.54) is 0 Å². The van der Waals surface area contributed by atoms with Crippen molar-refractivity contribution in [2.45, 2.75) is 13.5 Å². The van der Waals surface area contributed by atoms with Gasteiger partial charge in [0.1, 0.15) is 5.82 Å². The second kappa shape index (κ2) is 5.19. The Labute approximate surface area is 105 Å². The molecule has 6 nitrogen and oxygen atoms in total. The minimum absolute atomic E-state index is 0.605. The summed E-state index contributed by atoms with van der Waals surface area (Å²) >= 11 is 0. The van der Waals surface area contributed by atoms with E-state index in [0.29, 0.717) is 30.2 Å². The van der Waals surface area contributed by atoms with Gasteiger partial charge in [-0.05, 0) is 19.1 Å². The topological polar surface area (TPSA) is 92.5 Å². The molecular formula is C12H14N6. The Morgan fingerprint density at radius 1 is 1.50 bits per heavy atom. The van der Waals surface area contributed by atoms with Gasteiger partial charge < -0.3 is 11.1 Å². The van der Waals surface area contributed by atoms with Gasteiger partial charge in [-0.1, -0.05) is 0 Å². The Morgan fingerprint density at radius 2 is 2.33 bits per heavy atom. The number of anilines is 2. The van der Waals surface area contributed by atoms with Crippen LogP contribution in [0.2, 0.25) is 0 Å². The highest BCUT2D eigenvalue weighted by Crippen LogP contribution is 2.09. The molecule has 0 fully saturated rings. The Kier molecular flexibility index (Phi) is 3.44. The van der Waals surface area contributed by atoms with Crippen LogP contribution < -0.4 is 11.1 Å². The fraction of sp³-hybridized carbons (Fsp3) is 0.250. The molecule has 6 heteroatoms. The minimum atomic E-state index is 0.605. The van der Waals surface area contributed by atoms with Gasteiger partial charge >= 0.3 is 0 Å². The summed E-state index contributed by atoms with van der Waals surface area (Å²) in [5, 5.41) is 16.1. The van der Waals surface area contributed by atoms with E-state index in [2.05, 4.69) is 21.5 Å². The number of hydrogen-bond donors (Lipinski definition) is 2. The van der Waals surface area contributed by atoms with Crippen LogP contribution in [0, 0.1) is 18.3 Å². The first-order valence-electron chi connectivity index (χ1n) is 5.58. The number of nitrogens with zero attached hydrogens (tertiary/aromatic N) is 4. The van der Waals surface area contributed by atoms with Gasteiger partial charge in [-0.3, -0.25) is 4.68 Å². The lowest BCUT2D eigenvalue weighted by Gasteiger charge is -2.06. The number of nitrogens with two attached hydrogens (primary N) is 1. The lowest BCUT2D eigenvalue weighted by Crippen LogP contribution is -2.12. The third-order valence-electron chi connectivity index (χ3n) is 2.38. The monoisotopic (exact) mass is 242 g/mol. The predicted molar refractivity (Wildman–Crippen MR) is 68.8 cm³/mol. The van der Waals surface area contributed by atoms with Gasteiger partial charge in [0.15, 0.2) is 0 Å². The number of nitrogens with one attached hydrogen (secondary N) is 1. The van der Waals surface area contributed by atoms with Gasteiger partial charge in [-0.2, -0.15) is 10.4 Å². The van der Waals surface area contributed by atoms with Crippen molar-refractivity contribution in [1.82, 2.24) is 14.8 Å². The lowest BCUT2D eigenvalue weighted by atomic mass is 10.2. The number of hydrogen-bond acceptors (Lipinski definition) is 5. The van der Waals surface area contributed by atoms with Gasteiger partial charge in [0.25, 0.3) is 0 Å². The molecule has 0 aliphatic rings. The Bertz CT molecular complexity index is 580. The van der Waals surface area contributed by atoms with Crippen molar-refractivity contribution in [3.8, 4) is 6.07 Å². The van der Waals surface area contributed by atoms with Crippen LogP contribution >= 0.6 is 0 Å². The summed E-state index contributed by atoms with van der Waals surface area (Å²) in [6.45, 7) is 3.22. The molecule has 2 aromatic rings. The zero-order valence-electron chi connectivity index (χ0n) is 10.1. The second-order valence-corrected chi connectivity index (χ2v) is 3.96. The molecule has 0 aliphatic carbocycles. The molecule has 0 saturated carbocycles. The normalized spacial score (nSPS) is 10.0. The van der Waals surface area contributed by atoms with Crippen molar-refractivity contribution in [3.05, 3.63) is 35.8 Å².